The lowest BCUT2D eigenvalue weighted by molar-refractivity contribution is -0.132. The molecule has 19 heavy (non-hydrogen) atoms. The van der Waals surface area contributed by atoms with E-state index in [0.29, 0.717) is 0 Å². The lowest BCUT2D eigenvalue weighted by Crippen LogP contribution is -2.32. The zero-order valence-corrected chi connectivity index (χ0v) is 10.8. The standard InChI is InChI=1S/C13H15FN4O/c1-10(11-3-5-12(14)6-4-11)17(2)13(19)7-18-9-15-8-16-18/h3-6,8-10H,7H2,1-2H3. The molecule has 0 N–H and O–H groups in total. The van der Waals surface area contributed by atoms with Crippen LogP contribution in [0.1, 0.15) is 18.5 Å². The van der Waals surface area contributed by atoms with Crippen molar-refractivity contribution in [2.24, 2.45) is 0 Å². The highest BCUT2D eigenvalue weighted by Crippen LogP contribution is 2.19. The van der Waals surface area contributed by atoms with E-state index in [4.69, 9.17) is 0 Å². The van der Waals surface area contributed by atoms with Crippen molar-refractivity contribution in [3.05, 3.63) is 48.3 Å². The van der Waals surface area contributed by atoms with Crippen LogP contribution in [0.15, 0.2) is 36.9 Å². The van der Waals surface area contributed by atoms with Gasteiger partial charge in [-0.3, -0.25) is 4.79 Å². The molecule has 2 rings (SSSR count). The largest absolute Gasteiger partial charge is 0.337 e. The van der Waals surface area contributed by atoms with Gasteiger partial charge in [-0.1, -0.05) is 12.1 Å². The molecule has 0 aliphatic carbocycles. The number of nitrogens with zero attached hydrogens (tertiary/aromatic N) is 4. The van der Waals surface area contributed by atoms with E-state index in [1.807, 2.05) is 6.92 Å². The number of amides is 1. The van der Waals surface area contributed by atoms with Gasteiger partial charge in [-0.2, -0.15) is 5.10 Å². The smallest absolute Gasteiger partial charge is 0.244 e. The summed E-state index contributed by atoms with van der Waals surface area (Å²) in [7, 11) is 1.72. The van der Waals surface area contributed by atoms with Gasteiger partial charge in [-0.25, -0.2) is 14.1 Å². The lowest BCUT2D eigenvalue weighted by Gasteiger charge is -2.25. The first-order chi connectivity index (χ1) is 9.08. The van der Waals surface area contributed by atoms with Crippen LogP contribution in [0.3, 0.4) is 0 Å². The van der Waals surface area contributed by atoms with Gasteiger partial charge in [0.1, 0.15) is 25.0 Å². The predicted octanol–water partition coefficient (Wildman–Crippen LogP) is 1.64. The van der Waals surface area contributed by atoms with Gasteiger partial charge < -0.3 is 4.90 Å². The Hall–Kier alpha value is -2.24. The number of benzene rings is 1. The molecule has 5 nitrogen and oxygen atoms in total. The van der Waals surface area contributed by atoms with Crippen LogP contribution in [0.4, 0.5) is 4.39 Å². The van der Waals surface area contributed by atoms with Crippen LogP contribution in [0.5, 0.6) is 0 Å². The first kappa shape index (κ1) is 13.2. The Balaban J connectivity index is 2.04. The van der Waals surface area contributed by atoms with Gasteiger partial charge in [0.15, 0.2) is 0 Å². The summed E-state index contributed by atoms with van der Waals surface area (Å²) in [5, 5.41) is 3.89. The molecule has 0 bridgehead atoms. The van der Waals surface area contributed by atoms with Crippen molar-refractivity contribution >= 4 is 5.91 Å². The third-order valence-electron chi connectivity index (χ3n) is 3.09. The Morgan fingerprint density at radius 3 is 2.68 bits per heavy atom. The SMILES string of the molecule is CC(c1ccc(F)cc1)N(C)C(=O)Cn1cncn1. The summed E-state index contributed by atoms with van der Waals surface area (Å²) in [6.07, 6.45) is 2.88. The van der Waals surface area contributed by atoms with Gasteiger partial charge in [0.25, 0.3) is 0 Å². The molecule has 1 amide bonds. The van der Waals surface area contributed by atoms with Crippen LogP contribution in [-0.4, -0.2) is 32.6 Å². The van der Waals surface area contributed by atoms with Crippen molar-refractivity contribution in [1.82, 2.24) is 19.7 Å². The number of carbonyl (C=O) groups excluding carboxylic acids is 1. The van der Waals surface area contributed by atoms with E-state index in [1.54, 1.807) is 24.1 Å². The number of hydrogen-bond donors (Lipinski definition) is 0. The van der Waals surface area contributed by atoms with Crippen LogP contribution in [0.2, 0.25) is 0 Å². The molecule has 0 spiro atoms. The van der Waals surface area contributed by atoms with E-state index in [2.05, 4.69) is 10.1 Å². The number of rotatable bonds is 4. The summed E-state index contributed by atoms with van der Waals surface area (Å²) in [5.74, 6) is -0.366. The maximum Gasteiger partial charge on any atom is 0.244 e. The van der Waals surface area contributed by atoms with Crippen molar-refractivity contribution in [3.8, 4) is 0 Å². The van der Waals surface area contributed by atoms with E-state index in [1.165, 1.54) is 29.5 Å². The molecule has 1 aromatic carbocycles. The van der Waals surface area contributed by atoms with Gasteiger partial charge in [0.2, 0.25) is 5.91 Å². The fourth-order valence-corrected chi connectivity index (χ4v) is 1.75. The second-order valence-electron chi connectivity index (χ2n) is 4.33. The second-order valence-corrected chi connectivity index (χ2v) is 4.33. The van der Waals surface area contributed by atoms with E-state index in [0.717, 1.165) is 5.56 Å². The first-order valence-corrected chi connectivity index (χ1v) is 5.91. The Morgan fingerprint density at radius 2 is 2.11 bits per heavy atom. The molecule has 1 aromatic heterocycles. The van der Waals surface area contributed by atoms with Crippen LogP contribution in [0, 0.1) is 5.82 Å². The van der Waals surface area contributed by atoms with Gasteiger partial charge in [-0.05, 0) is 24.6 Å². The Labute approximate surface area is 110 Å². The third kappa shape index (κ3) is 3.15. The van der Waals surface area contributed by atoms with Gasteiger partial charge >= 0.3 is 0 Å². The van der Waals surface area contributed by atoms with Crippen LogP contribution in [0.25, 0.3) is 0 Å². The highest BCUT2D eigenvalue weighted by molar-refractivity contribution is 5.76. The summed E-state index contributed by atoms with van der Waals surface area (Å²) in [6, 6.07) is 6.01. The molecule has 0 aliphatic heterocycles. The van der Waals surface area contributed by atoms with E-state index >= 15 is 0 Å². The molecular formula is C13H15FN4O. The summed E-state index contributed by atoms with van der Waals surface area (Å²) in [6.45, 7) is 2.04. The zero-order valence-electron chi connectivity index (χ0n) is 10.8. The molecule has 2 aromatic rings. The fraction of sp³-hybridized carbons (Fsp3) is 0.308. The number of likely N-dealkylation sites (N-methyl/N-ethyl adjacent to an activating group) is 1. The summed E-state index contributed by atoms with van der Waals surface area (Å²) in [5.41, 5.74) is 0.885. The average molecular weight is 262 g/mol. The highest BCUT2D eigenvalue weighted by atomic mass is 19.1. The first-order valence-electron chi connectivity index (χ1n) is 5.91. The molecule has 0 aliphatic rings. The minimum atomic E-state index is -0.285. The molecule has 0 saturated heterocycles. The monoisotopic (exact) mass is 262 g/mol. The minimum absolute atomic E-state index is 0.0812. The average Bonchev–Trinajstić information content (AvgIpc) is 2.90. The fourth-order valence-electron chi connectivity index (χ4n) is 1.75. The molecular weight excluding hydrogens is 247 g/mol. The number of carbonyl (C=O) groups is 1. The van der Waals surface area contributed by atoms with Crippen molar-refractivity contribution in [1.29, 1.82) is 0 Å². The van der Waals surface area contributed by atoms with E-state index in [9.17, 15) is 9.18 Å². The molecule has 1 unspecified atom stereocenters. The highest BCUT2D eigenvalue weighted by Gasteiger charge is 2.17. The summed E-state index contributed by atoms with van der Waals surface area (Å²) >= 11 is 0. The van der Waals surface area contributed by atoms with Crippen molar-refractivity contribution in [2.45, 2.75) is 19.5 Å². The molecule has 0 fully saturated rings. The third-order valence-corrected chi connectivity index (χ3v) is 3.09. The van der Waals surface area contributed by atoms with Crippen LogP contribution in [-0.2, 0) is 11.3 Å². The predicted molar refractivity (Wildman–Crippen MR) is 67.6 cm³/mol. The number of halogens is 1. The van der Waals surface area contributed by atoms with Crippen molar-refractivity contribution < 1.29 is 9.18 Å². The van der Waals surface area contributed by atoms with Gasteiger partial charge in [0.05, 0.1) is 6.04 Å². The molecule has 100 valence electrons. The van der Waals surface area contributed by atoms with E-state index < -0.39 is 0 Å². The number of hydrogen-bond acceptors (Lipinski definition) is 3. The van der Waals surface area contributed by atoms with Crippen molar-refractivity contribution in [3.63, 3.8) is 0 Å². The Bertz CT molecular complexity index is 538. The van der Waals surface area contributed by atoms with Gasteiger partial charge in [0, 0.05) is 7.05 Å². The van der Waals surface area contributed by atoms with Crippen LogP contribution < -0.4 is 0 Å². The topological polar surface area (TPSA) is 51.0 Å². The Morgan fingerprint density at radius 1 is 1.42 bits per heavy atom. The molecule has 1 atom stereocenters. The number of aromatic nitrogens is 3. The zero-order chi connectivity index (χ0) is 13.8. The molecule has 0 saturated carbocycles. The van der Waals surface area contributed by atoms with E-state index in [-0.39, 0.29) is 24.3 Å². The molecule has 1 heterocycles. The Kier molecular flexibility index (Phi) is 3.89. The lowest BCUT2D eigenvalue weighted by atomic mass is 10.1. The summed E-state index contributed by atoms with van der Waals surface area (Å²) in [4.78, 5) is 17.4. The quantitative estimate of drug-likeness (QED) is 0.841. The minimum Gasteiger partial charge on any atom is -0.337 e. The maximum absolute atomic E-state index is 12.9. The second kappa shape index (κ2) is 5.60. The van der Waals surface area contributed by atoms with Crippen molar-refractivity contribution in [2.75, 3.05) is 7.05 Å². The summed E-state index contributed by atoms with van der Waals surface area (Å²) < 4.78 is 14.3. The molecule has 6 heteroatoms. The molecule has 0 radical (unpaired) electrons. The normalized spacial score (nSPS) is 12.2. The maximum atomic E-state index is 12.9. The van der Waals surface area contributed by atoms with Crippen LogP contribution >= 0.6 is 0 Å². The van der Waals surface area contributed by atoms with Gasteiger partial charge in [-0.15, -0.1) is 0 Å².